The van der Waals surface area contributed by atoms with E-state index in [1.54, 1.807) is 0 Å². The lowest BCUT2D eigenvalue weighted by molar-refractivity contribution is -0.138. The molecule has 5 heteroatoms. The number of hydrogen-bond donors (Lipinski definition) is 0. The zero-order valence-electron chi connectivity index (χ0n) is 13.8. The smallest absolute Gasteiger partial charge is 0.325 e. The van der Waals surface area contributed by atoms with E-state index in [4.69, 9.17) is 21.7 Å². The zero-order chi connectivity index (χ0) is 16.4. The number of carbonyl (C=O) groups excluding carboxylic acids is 1. The summed E-state index contributed by atoms with van der Waals surface area (Å²) in [6.45, 7) is 8.49. The van der Waals surface area contributed by atoms with E-state index >= 15 is 0 Å². The van der Waals surface area contributed by atoms with Crippen LogP contribution >= 0.6 is 12.2 Å². The number of carbonyl (C=O) groups is 1. The summed E-state index contributed by atoms with van der Waals surface area (Å²) in [6, 6.07) is 5.97. The summed E-state index contributed by atoms with van der Waals surface area (Å²) < 4.78 is 11.0. The molecule has 0 aliphatic carbocycles. The fraction of sp³-hybridized carbons (Fsp3) is 0.529. The van der Waals surface area contributed by atoms with Crippen LogP contribution in [0.5, 0.6) is 5.75 Å². The molecule has 2 rings (SSSR count). The summed E-state index contributed by atoms with van der Waals surface area (Å²) in [7, 11) is 1.39. The van der Waals surface area contributed by atoms with Gasteiger partial charge in [-0.2, -0.15) is 0 Å². The van der Waals surface area contributed by atoms with E-state index in [0.29, 0.717) is 10.9 Å². The average Bonchev–Trinajstić information content (AvgIpc) is 2.48. The minimum Gasteiger partial charge on any atom is -0.481 e. The summed E-state index contributed by atoms with van der Waals surface area (Å²) in [5.74, 6) is 1.07. The highest BCUT2D eigenvalue weighted by Crippen LogP contribution is 2.41. The molecule has 1 unspecified atom stereocenters. The van der Waals surface area contributed by atoms with E-state index < -0.39 is 0 Å². The van der Waals surface area contributed by atoms with Crippen molar-refractivity contribution in [3.63, 3.8) is 0 Å². The lowest BCUT2D eigenvalue weighted by Gasteiger charge is -2.39. The highest BCUT2D eigenvalue weighted by molar-refractivity contribution is 7.80. The Hall–Kier alpha value is -1.62. The molecule has 0 amide bonds. The molecule has 0 spiro atoms. The third-order valence-electron chi connectivity index (χ3n) is 3.81. The van der Waals surface area contributed by atoms with Crippen LogP contribution < -0.4 is 9.64 Å². The molecular weight excluding hydrogens is 298 g/mol. The zero-order valence-corrected chi connectivity index (χ0v) is 14.6. The van der Waals surface area contributed by atoms with Crippen molar-refractivity contribution in [3.05, 3.63) is 23.8 Å². The van der Waals surface area contributed by atoms with E-state index in [0.717, 1.165) is 17.0 Å². The van der Waals surface area contributed by atoms with Crippen molar-refractivity contribution in [1.82, 2.24) is 0 Å². The minimum atomic E-state index is -0.312. The lowest BCUT2D eigenvalue weighted by atomic mass is 9.97. The molecule has 4 nitrogen and oxygen atoms in total. The van der Waals surface area contributed by atoms with Crippen LogP contribution in [-0.4, -0.2) is 30.7 Å². The van der Waals surface area contributed by atoms with Crippen LogP contribution in [0.2, 0.25) is 0 Å². The number of fused-ring (bicyclic) bond motifs is 1. The standard InChI is InChI=1S/C17H23NO3S/c1-10(2)12-7-6-8-13-16(12)21-15(11(3)4)17(22)18(13)9-14(19)20-5/h6-8,10-11,15H,9H2,1-5H3. The van der Waals surface area contributed by atoms with Crippen molar-refractivity contribution in [2.24, 2.45) is 5.92 Å². The molecule has 0 aromatic heterocycles. The molecule has 1 aliphatic rings. The van der Waals surface area contributed by atoms with Gasteiger partial charge in [-0.05, 0) is 23.5 Å². The van der Waals surface area contributed by atoms with Crippen molar-refractivity contribution in [3.8, 4) is 5.75 Å². The Bertz CT molecular complexity index is 583. The highest BCUT2D eigenvalue weighted by Gasteiger charge is 2.35. The lowest BCUT2D eigenvalue weighted by Crippen LogP contribution is -2.49. The van der Waals surface area contributed by atoms with Crippen LogP contribution in [0.25, 0.3) is 0 Å². The highest BCUT2D eigenvalue weighted by atomic mass is 32.1. The molecule has 120 valence electrons. The van der Waals surface area contributed by atoms with Gasteiger partial charge in [-0.15, -0.1) is 0 Å². The molecule has 0 saturated carbocycles. The van der Waals surface area contributed by atoms with E-state index in [-0.39, 0.29) is 24.5 Å². The van der Waals surface area contributed by atoms with Gasteiger partial charge in [-0.3, -0.25) is 4.79 Å². The maximum absolute atomic E-state index is 11.8. The molecule has 1 aliphatic heterocycles. The van der Waals surface area contributed by atoms with Crippen LogP contribution in [-0.2, 0) is 9.53 Å². The molecule has 0 N–H and O–H groups in total. The first-order chi connectivity index (χ1) is 10.4. The number of para-hydroxylation sites is 1. The monoisotopic (exact) mass is 321 g/mol. The van der Waals surface area contributed by atoms with E-state index in [9.17, 15) is 4.79 Å². The Morgan fingerprint density at radius 2 is 2.05 bits per heavy atom. The van der Waals surface area contributed by atoms with Gasteiger partial charge < -0.3 is 14.4 Å². The average molecular weight is 321 g/mol. The van der Waals surface area contributed by atoms with Crippen molar-refractivity contribution in [2.45, 2.75) is 39.7 Å². The Balaban J connectivity index is 2.52. The van der Waals surface area contributed by atoms with Gasteiger partial charge in [0.05, 0.1) is 12.8 Å². The summed E-state index contributed by atoms with van der Waals surface area (Å²) >= 11 is 5.57. The number of rotatable bonds is 4. The SMILES string of the molecule is COC(=O)CN1C(=S)C(C(C)C)Oc2c(C(C)C)cccc21. The van der Waals surface area contributed by atoms with Crippen molar-refractivity contribution < 1.29 is 14.3 Å². The number of anilines is 1. The van der Waals surface area contributed by atoms with Crippen molar-refractivity contribution >= 4 is 28.9 Å². The molecule has 22 heavy (non-hydrogen) atoms. The molecule has 0 fully saturated rings. The van der Waals surface area contributed by atoms with Gasteiger partial charge in [0.1, 0.15) is 17.3 Å². The van der Waals surface area contributed by atoms with Crippen LogP contribution in [0.1, 0.15) is 39.2 Å². The first kappa shape index (κ1) is 16.7. The van der Waals surface area contributed by atoms with Crippen molar-refractivity contribution in [2.75, 3.05) is 18.6 Å². The fourth-order valence-corrected chi connectivity index (χ4v) is 3.05. The van der Waals surface area contributed by atoms with Gasteiger partial charge in [0.25, 0.3) is 0 Å². The second-order valence-electron chi connectivity index (χ2n) is 6.13. The summed E-state index contributed by atoms with van der Waals surface area (Å²) in [5.41, 5.74) is 1.97. The maximum Gasteiger partial charge on any atom is 0.325 e. The van der Waals surface area contributed by atoms with E-state index in [1.807, 2.05) is 17.0 Å². The minimum absolute atomic E-state index is 0.108. The predicted octanol–water partition coefficient (Wildman–Crippen LogP) is 3.53. The predicted molar refractivity (Wildman–Crippen MR) is 91.7 cm³/mol. The number of hydrogen-bond acceptors (Lipinski definition) is 4. The quantitative estimate of drug-likeness (QED) is 0.626. The number of esters is 1. The largest absolute Gasteiger partial charge is 0.481 e. The number of methoxy groups -OCH3 is 1. The molecule has 0 radical (unpaired) electrons. The molecule has 1 heterocycles. The van der Waals surface area contributed by atoms with E-state index in [2.05, 4.69) is 33.8 Å². The Kier molecular flexibility index (Phi) is 5.06. The third kappa shape index (κ3) is 3.09. The number of ether oxygens (including phenoxy) is 2. The number of nitrogens with zero attached hydrogens (tertiary/aromatic N) is 1. The second kappa shape index (κ2) is 6.65. The van der Waals surface area contributed by atoms with Gasteiger partial charge in [0.2, 0.25) is 0 Å². The van der Waals surface area contributed by atoms with Gasteiger partial charge in [-0.1, -0.05) is 52.0 Å². The summed E-state index contributed by atoms with van der Waals surface area (Å²) in [4.78, 5) is 14.2. The normalized spacial score (nSPS) is 17.5. The summed E-state index contributed by atoms with van der Waals surface area (Å²) in [6.07, 6.45) is -0.216. The molecule has 1 atom stereocenters. The molecule has 0 bridgehead atoms. The van der Waals surface area contributed by atoms with E-state index in [1.165, 1.54) is 7.11 Å². The van der Waals surface area contributed by atoms with Gasteiger partial charge in [0, 0.05) is 0 Å². The van der Waals surface area contributed by atoms with Crippen LogP contribution in [0.4, 0.5) is 5.69 Å². The Morgan fingerprint density at radius 1 is 1.36 bits per heavy atom. The Morgan fingerprint density at radius 3 is 2.59 bits per heavy atom. The third-order valence-corrected chi connectivity index (χ3v) is 4.26. The Labute approximate surface area is 137 Å². The summed E-state index contributed by atoms with van der Waals surface area (Å²) in [5, 5.41) is 0. The van der Waals surface area contributed by atoms with Crippen molar-refractivity contribution in [1.29, 1.82) is 0 Å². The number of thiocarbonyl (C=S) groups is 1. The van der Waals surface area contributed by atoms with Gasteiger partial charge in [0.15, 0.2) is 6.10 Å². The van der Waals surface area contributed by atoms with Gasteiger partial charge >= 0.3 is 5.97 Å². The van der Waals surface area contributed by atoms with Crippen LogP contribution in [0, 0.1) is 5.92 Å². The van der Waals surface area contributed by atoms with Crippen LogP contribution in [0.15, 0.2) is 18.2 Å². The second-order valence-corrected chi connectivity index (χ2v) is 6.55. The van der Waals surface area contributed by atoms with Gasteiger partial charge in [-0.25, -0.2) is 0 Å². The van der Waals surface area contributed by atoms with Crippen LogP contribution in [0.3, 0.4) is 0 Å². The number of benzene rings is 1. The fourth-order valence-electron chi connectivity index (χ4n) is 2.57. The maximum atomic E-state index is 11.8. The first-order valence-corrected chi connectivity index (χ1v) is 7.95. The molecule has 1 aromatic carbocycles. The molecule has 1 aromatic rings. The molecular formula is C17H23NO3S. The first-order valence-electron chi connectivity index (χ1n) is 7.54. The molecule has 0 saturated heterocycles. The topological polar surface area (TPSA) is 38.8 Å².